The van der Waals surface area contributed by atoms with Gasteiger partial charge in [0.1, 0.15) is 5.69 Å². The Kier molecular flexibility index (Phi) is 3.64. The fraction of sp³-hybridized carbons (Fsp3) is 0.500. The minimum Gasteiger partial charge on any atom is -0.329 e. The standard InChI is InChI=1S/C12H17N3O/c13-8-10-4-3-7-15(10)9-12(16)11-5-1-2-6-14-11/h1-2,5-6,10H,3-4,7-9,13H2/t10-/m0/s1. The van der Waals surface area contributed by atoms with Crippen molar-refractivity contribution in [2.24, 2.45) is 5.73 Å². The van der Waals surface area contributed by atoms with Crippen molar-refractivity contribution in [2.75, 3.05) is 19.6 Å². The molecule has 1 fully saturated rings. The Morgan fingerprint density at radius 2 is 2.44 bits per heavy atom. The van der Waals surface area contributed by atoms with Crippen molar-refractivity contribution in [3.63, 3.8) is 0 Å². The van der Waals surface area contributed by atoms with Crippen LogP contribution in [0, 0.1) is 0 Å². The van der Waals surface area contributed by atoms with Gasteiger partial charge in [0.05, 0.1) is 6.54 Å². The zero-order valence-electron chi connectivity index (χ0n) is 9.30. The van der Waals surface area contributed by atoms with Crippen molar-refractivity contribution < 1.29 is 4.79 Å². The van der Waals surface area contributed by atoms with E-state index < -0.39 is 0 Å². The average molecular weight is 219 g/mol. The number of pyridine rings is 1. The molecule has 0 unspecified atom stereocenters. The molecule has 0 aromatic carbocycles. The number of hydrogen-bond donors (Lipinski definition) is 1. The molecule has 0 saturated carbocycles. The van der Waals surface area contributed by atoms with Crippen LogP contribution in [0.1, 0.15) is 23.3 Å². The van der Waals surface area contributed by atoms with Crippen molar-refractivity contribution in [3.8, 4) is 0 Å². The van der Waals surface area contributed by atoms with Crippen molar-refractivity contribution in [1.82, 2.24) is 9.88 Å². The molecule has 1 aliphatic heterocycles. The fourth-order valence-corrected chi connectivity index (χ4v) is 2.16. The predicted octanol–water partition coefficient (Wildman–Crippen LogP) is 0.687. The highest BCUT2D eigenvalue weighted by Gasteiger charge is 2.25. The monoisotopic (exact) mass is 219 g/mol. The van der Waals surface area contributed by atoms with Crippen LogP contribution in [0.2, 0.25) is 0 Å². The average Bonchev–Trinajstić information content (AvgIpc) is 2.77. The molecule has 0 aliphatic carbocycles. The Morgan fingerprint density at radius 3 is 3.12 bits per heavy atom. The van der Waals surface area contributed by atoms with Gasteiger partial charge in [-0.2, -0.15) is 0 Å². The van der Waals surface area contributed by atoms with Crippen LogP contribution < -0.4 is 5.73 Å². The second-order valence-corrected chi connectivity index (χ2v) is 4.14. The van der Waals surface area contributed by atoms with Crippen LogP contribution in [-0.2, 0) is 0 Å². The van der Waals surface area contributed by atoms with Gasteiger partial charge in [-0.15, -0.1) is 0 Å². The second-order valence-electron chi connectivity index (χ2n) is 4.14. The van der Waals surface area contributed by atoms with Crippen LogP contribution in [0.15, 0.2) is 24.4 Å². The zero-order chi connectivity index (χ0) is 11.4. The number of nitrogens with zero attached hydrogens (tertiary/aromatic N) is 2. The lowest BCUT2D eigenvalue weighted by Gasteiger charge is -2.21. The van der Waals surface area contributed by atoms with Crippen molar-refractivity contribution in [2.45, 2.75) is 18.9 Å². The van der Waals surface area contributed by atoms with Crippen LogP contribution in [0.5, 0.6) is 0 Å². The van der Waals surface area contributed by atoms with Crippen LogP contribution >= 0.6 is 0 Å². The summed E-state index contributed by atoms with van der Waals surface area (Å²) in [5.41, 5.74) is 6.22. The maximum atomic E-state index is 11.9. The molecule has 1 atom stereocenters. The first-order chi connectivity index (χ1) is 7.81. The van der Waals surface area contributed by atoms with Gasteiger partial charge in [-0.3, -0.25) is 14.7 Å². The normalized spacial score (nSPS) is 21.2. The van der Waals surface area contributed by atoms with E-state index in [1.54, 1.807) is 12.3 Å². The summed E-state index contributed by atoms with van der Waals surface area (Å²) in [6.45, 7) is 2.05. The molecule has 2 heterocycles. The number of carbonyl (C=O) groups is 1. The first kappa shape index (κ1) is 11.2. The number of carbonyl (C=O) groups excluding carboxylic acids is 1. The second kappa shape index (κ2) is 5.18. The lowest BCUT2D eigenvalue weighted by Crippen LogP contribution is -2.38. The van der Waals surface area contributed by atoms with Gasteiger partial charge in [-0.25, -0.2) is 0 Å². The first-order valence-corrected chi connectivity index (χ1v) is 5.69. The third kappa shape index (κ3) is 2.46. The molecule has 1 aromatic rings. The minimum absolute atomic E-state index is 0.0842. The summed E-state index contributed by atoms with van der Waals surface area (Å²) >= 11 is 0. The van der Waals surface area contributed by atoms with Gasteiger partial charge in [-0.1, -0.05) is 6.07 Å². The highest BCUT2D eigenvalue weighted by atomic mass is 16.1. The van der Waals surface area contributed by atoms with E-state index in [-0.39, 0.29) is 5.78 Å². The smallest absolute Gasteiger partial charge is 0.195 e. The molecular formula is C12H17N3O. The summed E-state index contributed by atoms with van der Waals surface area (Å²) in [6, 6.07) is 5.78. The highest BCUT2D eigenvalue weighted by Crippen LogP contribution is 2.16. The van der Waals surface area contributed by atoms with E-state index in [1.165, 1.54) is 0 Å². The molecule has 2 rings (SSSR count). The van der Waals surface area contributed by atoms with Gasteiger partial charge in [0, 0.05) is 18.8 Å². The molecule has 16 heavy (non-hydrogen) atoms. The van der Waals surface area contributed by atoms with Crippen molar-refractivity contribution >= 4 is 5.78 Å². The predicted molar refractivity (Wildman–Crippen MR) is 62.2 cm³/mol. The number of ketones is 1. The van der Waals surface area contributed by atoms with Gasteiger partial charge in [-0.05, 0) is 31.5 Å². The molecule has 0 spiro atoms. The molecular weight excluding hydrogens is 202 g/mol. The maximum absolute atomic E-state index is 11.9. The SMILES string of the molecule is NC[C@@H]1CCCN1CC(=O)c1ccccn1. The Balaban J connectivity index is 1.97. The van der Waals surface area contributed by atoms with Crippen LogP contribution in [0.25, 0.3) is 0 Å². The summed E-state index contributed by atoms with van der Waals surface area (Å²) in [7, 11) is 0. The topological polar surface area (TPSA) is 59.2 Å². The summed E-state index contributed by atoms with van der Waals surface area (Å²) in [4.78, 5) is 18.1. The molecule has 1 saturated heterocycles. The summed E-state index contributed by atoms with van der Waals surface area (Å²) < 4.78 is 0. The summed E-state index contributed by atoms with van der Waals surface area (Å²) in [5, 5.41) is 0. The van der Waals surface area contributed by atoms with Crippen LogP contribution in [0.4, 0.5) is 0 Å². The molecule has 0 radical (unpaired) electrons. The van der Waals surface area contributed by atoms with Gasteiger partial charge in [0.15, 0.2) is 5.78 Å². The van der Waals surface area contributed by atoms with E-state index in [1.807, 2.05) is 12.1 Å². The molecule has 1 aliphatic rings. The Hall–Kier alpha value is -1.26. The number of hydrogen-bond acceptors (Lipinski definition) is 4. The van der Waals surface area contributed by atoms with Crippen molar-refractivity contribution in [3.05, 3.63) is 30.1 Å². The van der Waals surface area contributed by atoms with E-state index in [0.29, 0.717) is 24.8 Å². The quantitative estimate of drug-likeness (QED) is 0.757. The van der Waals surface area contributed by atoms with E-state index in [9.17, 15) is 4.79 Å². The van der Waals surface area contributed by atoms with Gasteiger partial charge in [0.2, 0.25) is 0 Å². The van der Waals surface area contributed by atoms with Gasteiger partial charge in [0.25, 0.3) is 0 Å². The number of Topliss-reactive ketones (excluding diaryl/α,β-unsaturated/α-hetero) is 1. The molecule has 4 heteroatoms. The Labute approximate surface area is 95.5 Å². The minimum atomic E-state index is 0.0842. The fourth-order valence-electron chi connectivity index (χ4n) is 2.16. The number of rotatable bonds is 4. The molecule has 2 N–H and O–H groups in total. The number of likely N-dealkylation sites (tertiary alicyclic amines) is 1. The molecule has 0 amide bonds. The van der Waals surface area contributed by atoms with Crippen molar-refractivity contribution in [1.29, 1.82) is 0 Å². The van der Waals surface area contributed by atoms with Gasteiger partial charge < -0.3 is 5.73 Å². The lowest BCUT2D eigenvalue weighted by atomic mass is 10.2. The molecule has 0 bridgehead atoms. The molecule has 4 nitrogen and oxygen atoms in total. The first-order valence-electron chi connectivity index (χ1n) is 5.69. The highest BCUT2D eigenvalue weighted by molar-refractivity contribution is 5.95. The van der Waals surface area contributed by atoms with E-state index in [0.717, 1.165) is 19.4 Å². The number of aromatic nitrogens is 1. The Bertz CT molecular complexity index is 353. The van der Waals surface area contributed by atoms with E-state index in [4.69, 9.17) is 5.73 Å². The lowest BCUT2D eigenvalue weighted by molar-refractivity contribution is 0.0919. The summed E-state index contributed by atoms with van der Waals surface area (Å²) in [5.74, 6) is 0.0842. The number of nitrogens with two attached hydrogens (primary N) is 1. The molecule has 86 valence electrons. The molecule has 1 aromatic heterocycles. The zero-order valence-corrected chi connectivity index (χ0v) is 9.30. The van der Waals surface area contributed by atoms with E-state index >= 15 is 0 Å². The van der Waals surface area contributed by atoms with Crippen LogP contribution in [-0.4, -0.2) is 41.3 Å². The maximum Gasteiger partial charge on any atom is 0.195 e. The third-order valence-corrected chi connectivity index (χ3v) is 3.07. The van der Waals surface area contributed by atoms with E-state index in [2.05, 4.69) is 9.88 Å². The summed E-state index contributed by atoms with van der Waals surface area (Å²) in [6.07, 6.45) is 3.89. The van der Waals surface area contributed by atoms with Crippen LogP contribution in [0.3, 0.4) is 0 Å². The van der Waals surface area contributed by atoms with Gasteiger partial charge >= 0.3 is 0 Å². The Morgan fingerprint density at radius 1 is 1.56 bits per heavy atom. The largest absolute Gasteiger partial charge is 0.329 e. The third-order valence-electron chi connectivity index (χ3n) is 3.07.